The van der Waals surface area contributed by atoms with Gasteiger partial charge in [0.2, 0.25) is 5.91 Å². The number of fused-ring (bicyclic) bond motifs is 3. The zero-order chi connectivity index (χ0) is 16.1. The van der Waals surface area contributed by atoms with E-state index in [1.54, 1.807) is 6.92 Å². The van der Waals surface area contributed by atoms with E-state index in [1.165, 1.54) is 24.1 Å². The van der Waals surface area contributed by atoms with Crippen LogP contribution in [0.1, 0.15) is 39.2 Å². The minimum Gasteiger partial charge on any atom is -0.371 e. The van der Waals surface area contributed by atoms with Gasteiger partial charge in [-0.05, 0) is 55.9 Å². The van der Waals surface area contributed by atoms with Crippen molar-refractivity contribution in [1.82, 2.24) is 0 Å². The van der Waals surface area contributed by atoms with Gasteiger partial charge in [-0.25, -0.2) is 0 Å². The van der Waals surface area contributed by atoms with Crippen molar-refractivity contribution in [1.29, 1.82) is 0 Å². The molecular formula is C19H26N2O2. The Morgan fingerprint density at radius 2 is 1.87 bits per heavy atom. The minimum atomic E-state index is 0.141. The molecule has 4 rings (SSSR count). The van der Waals surface area contributed by atoms with Crippen LogP contribution in [0.25, 0.3) is 0 Å². The van der Waals surface area contributed by atoms with Gasteiger partial charge in [-0.3, -0.25) is 4.79 Å². The molecule has 1 aromatic rings. The van der Waals surface area contributed by atoms with Crippen LogP contribution in [0.4, 0.5) is 11.4 Å². The third kappa shape index (κ3) is 2.53. The highest BCUT2D eigenvalue weighted by Gasteiger charge is 2.35. The van der Waals surface area contributed by atoms with E-state index in [4.69, 9.17) is 4.74 Å². The summed E-state index contributed by atoms with van der Waals surface area (Å²) in [6.07, 6.45) is 4.23. The number of rotatable bonds is 1. The summed E-state index contributed by atoms with van der Waals surface area (Å²) in [5.41, 5.74) is 3.69. The lowest BCUT2D eigenvalue weighted by Crippen LogP contribution is -2.45. The first-order valence-corrected chi connectivity index (χ1v) is 8.86. The number of nitrogens with zero attached hydrogens (tertiary/aromatic N) is 2. The predicted octanol–water partition coefficient (Wildman–Crippen LogP) is 2.99. The molecule has 2 fully saturated rings. The Hall–Kier alpha value is -1.55. The second-order valence-corrected chi connectivity index (χ2v) is 7.49. The van der Waals surface area contributed by atoms with Gasteiger partial charge >= 0.3 is 0 Å². The first kappa shape index (κ1) is 15.0. The number of carbonyl (C=O) groups excluding carboxylic acids is 1. The third-order valence-corrected chi connectivity index (χ3v) is 5.84. The van der Waals surface area contributed by atoms with E-state index < -0.39 is 0 Å². The zero-order valence-electron chi connectivity index (χ0n) is 14.3. The van der Waals surface area contributed by atoms with Crippen LogP contribution < -0.4 is 9.80 Å². The van der Waals surface area contributed by atoms with Crippen molar-refractivity contribution in [2.45, 2.75) is 58.3 Å². The van der Waals surface area contributed by atoms with Crippen molar-refractivity contribution in [3.8, 4) is 0 Å². The first-order valence-electron chi connectivity index (χ1n) is 8.86. The average molecular weight is 314 g/mol. The van der Waals surface area contributed by atoms with Crippen LogP contribution in [-0.4, -0.2) is 37.2 Å². The molecule has 2 unspecified atom stereocenters. The number of hydrogen-bond donors (Lipinski definition) is 0. The van der Waals surface area contributed by atoms with E-state index in [9.17, 15) is 4.79 Å². The Kier molecular flexibility index (Phi) is 3.60. The average Bonchev–Trinajstić information content (AvgIpc) is 2.86. The topological polar surface area (TPSA) is 32.8 Å². The van der Waals surface area contributed by atoms with Crippen LogP contribution in [0, 0.1) is 5.92 Å². The molecule has 1 amide bonds. The predicted molar refractivity (Wildman–Crippen MR) is 92.0 cm³/mol. The van der Waals surface area contributed by atoms with E-state index in [2.05, 4.69) is 36.9 Å². The molecule has 0 N–H and O–H groups in total. The first-order chi connectivity index (χ1) is 11.0. The van der Waals surface area contributed by atoms with Crippen LogP contribution in [0.5, 0.6) is 0 Å². The second kappa shape index (κ2) is 5.52. The Morgan fingerprint density at radius 1 is 1.17 bits per heavy atom. The lowest BCUT2D eigenvalue weighted by atomic mass is 9.87. The molecule has 0 radical (unpaired) electrons. The van der Waals surface area contributed by atoms with E-state index in [0.29, 0.717) is 18.1 Å². The molecule has 2 saturated heterocycles. The molecule has 4 atom stereocenters. The summed E-state index contributed by atoms with van der Waals surface area (Å²) in [6.45, 7) is 8.06. The second-order valence-electron chi connectivity index (χ2n) is 7.49. The Labute approximate surface area is 138 Å². The molecule has 124 valence electrons. The van der Waals surface area contributed by atoms with Crippen molar-refractivity contribution in [3.05, 3.63) is 23.8 Å². The molecular weight excluding hydrogens is 288 g/mol. The van der Waals surface area contributed by atoms with Crippen LogP contribution >= 0.6 is 0 Å². The maximum absolute atomic E-state index is 12.1. The summed E-state index contributed by atoms with van der Waals surface area (Å²) in [7, 11) is 0. The van der Waals surface area contributed by atoms with Crippen LogP contribution in [0.3, 0.4) is 0 Å². The number of ether oxygens (including phenoxy) is 1. The van der Waals surface area contributed by atoms with Crippen molar-refractivity contribution < 1.29 is 9.53 Å². The summed E-state index contributed by atoms with van der Waals surface area (Å²) in [4.78, 5) is 16.5. The fourth-order valence-electron chi connectivity index (χ4n) is 4.44. The van der Waals surface area contributed by atoms with Gasteiger partial charge in [-0.15, -0.1) is 0 Å². The summed E-state index contributed by atoms with van der Waals surface area (Å²) < 4.78 is 5.95. The molecule has 1 aromatic carbocycles. The largest absolute Gasteiger partial charge is 0.371 e. The SMILES string of the molecule is CC(=O)N1c2ccc(N3CC4CCC(C3)O4)cc2C[C@@H](C)[C@@H]1C. The Balaban J connectivity index is 1.65. The molecule has 0 aromatic heterocycles. The molecule has 2 bridgehead atoms. The molecule has 3 aliphatic rings. The summed E-state index contributed by atoms with van der Waals surface area (Å²) in [5, 5.41) is 0. The van der Waals surface area contributed by atoms with E-state index in [1.807, 2.05) is 4.90 Å². The van der Waals surface area contributed by atoms with Gasteiger partial charge in [-0.1, -0.05) is 6.92 Å². The van der Waals surface area contributed by atoms with Crippen molar-refractivity contribution >= 4 is 17.3 Å². The molecule has 0 spiro atoms. The van der Waals surface area contributed by atoms with Gasteiger partial charge in [0.1, 0.15) is 0 Å². The van der Waals surface area contributed by atoms with Crippen molar-refractivity contribution in [3.63, 3.8) is 0 Å². The molecule has 4 nitrogen and oxygen atoms in total. The monoisotopic (exact) mass is 314 g/mol. The van der Waals surface area contributed by atoms with E-state index >= 15 is 0 Å². The van der Waals surface area contributed by atoms with E-state index in [-0.39, 0.29) is 11.9 Å². The van der Waals surface area contributed by atoms with Gasteiger partial charge < -0.3 is 14.5 Å². The Morgan fingerprint density at radius 3 is 2.52 bits per heavy atom. The maximum atomic E-state index is 12.1. The van der Waals surface area contributed by atoms with Crippen molar-refractivity contribution in [2.24, 2.45) is 5.92 Å². The van der Waals surface area contributed by atoms with Crippen LogP contribution in [-0.2, 0) is 16.0 Å². The molecule has 3 aliphatic heterocycles. The minimum absolute atomic E-state index is 0.141. The maximum Gasteiger partial charge on any atom is 0.224 e. The van der Waals surface area contributed by atoms with Gasteiger partial charge in [0.15, 0.2) is 0 Å². The standard InChI is InChI=1S/C19H26N2O2/c1-12-8-15-9-16(20-10-17-5-6-18(11-20)23-17)4-7-19(15)21(13(12)2)14(3)22/h4,7,9,12-13,17-18H,5-6,8,10-11H2,1-3H3/t12-,13+,17?,18?/m1/s1. The Bertz CT molecular complexity index is 618. The lowest BCUT2D eigenvalue weighted by molar-refractivity contribution is -0.117. The normalized spacial score (nSPS) is 32.8. The molecule has 4 heteroatoms. The van der Waals surface area contributed by atoms with Gasteiger partial charge in [0.05, 0.1) is 12.2 Å². The highest BCUT2D eigenvalue weighted by molar-refractivity contribution is 5.94. The van der Waals surface area contributed by atoms with Crippen LogP contribution in [0.15, 0.2) is 18.2 Å². The smallest absolute Gasteiger partial charge is 0.224 e. The van der Waals surface area contributed by atoms with Gasteiger partial charge in [0.25, 0.3) is 0 Å². The highest BCUT2D eigenvalue weighted by atomic mass is 16.5. The fourth-order valence-corrected chi connectivity index (χ4v) is 4.44. The summed E-state index contributed by atoms with van der Waals surface area (Å²) in [5.74, 6) is 0.630. The lowest BCUT2D eigenvalue weighted by Gasteiger charge is -2.40. The van der Waals surface area contributed by atoms with Gasteiger partial charge in [0, 0.05) is 37.4 Å². The van der Waals surface area contributed by atoms with Gasteiger partial charge in [-0.2, -0.15) is 0 Å². The zero-order valence-corrected chi connectivity index (χ0v) is 14.3. The van der Waals surface area contributed by atoms with E-state index in [0.717, 1.165) is 25.2 Å². The number of hydrogen-bond acceptors (Lipinski definition) is 3. The third-order valence-electron chi connectivity index (χ3n) is 5.84. The molecule has 3 heterocycles. The molecule has 0 saturated carbocycles. The quantitative estimate of drug-likeness (QED) is 0.799. The number of morpholine rings is 1. The summed E-state index contributed by atoms with van der Waals surface area (Å²) >= 11 is 0. The van der Waals surface area contributed by atoms with Crippen molar-refractivity contribution in [2.75, 3.05) is 22.9 Å². The highest BCUT2D eigenvalue weighted by Crippen LogP contribution is 2.37. The number of amides is 1. The number of carbonyl (C=O) groups is 1. The molecule has 23 heavy (non-hydrogen) atoms. The fraction of sp³-hybridized carbons (Fsp3) is 0.632. The van der Waals surface area contributed by atoms with Crippen LogP contribution in [0.2, 0.25) is 0 Å². The number of benzene rings is 1. The molecule has 0 aliphatic carbocycles. The summed E-state index contributed by atoms with van der Waals surface area (Å²) in [6, 6.07) is 6.90. The number of anilines is 2.